The normalized spacial score (nSPS) is 12.1. The Morgan fingerprint density at radius 3 is 2.82 bits per heavy atom. The molecule has 0 fully saturated rings. The van der Waals surface area contributed by atoms with Crippen LogP contribution in [0.25, 0.3) is 0 Å². The molecule has 0 aromatic heterocycles. The lowest BCUT2D eigenvalue weighted by Gasteiger charge is -2.17. The summed E-state index contributed by atoms with van der Waals surface area (Å²) in [6.07, 6.45) is -0.704. The summed E-state index contributed by atoms with van der Waals surface area (Å²) in [4.78, 5) is 10.0. The monoisotopic (exact) mass is 242 g/mol. The van der Waals surface area contributed by atoms with Crippen LogP contribution in [-0.2, 0) is 0 Å². The van der Waals surface area contributed by atoms with Crippen molar-refractivity contribution in [3.05, 3.63) is 34.4 Å². The number of rotatable bonds is 7. The molecule has 0 aliphatic rings. The summed E-state index contributed by atoms with van der Waals surface area (Å²) in [5, 5.41) is 30.9. The maximum absolute atomic E-state index is 10.5. The van der Waals surface area contributed by atoms with Crippen molar-refractivity contribution in [2.75, 3.05) is 19.8 Å². The zero-order chi connectivity index (χ0) is 12.7. The Bertz CT molecular complexity index is 371. The highest BCUT2D eigenvalue weighted by molar-refractivity contribution is 5.38. The molecule has 17 heavy (non-hydrogen) atoms. The average molecular weight is 242 g/mol. The molecule has 0 radical (unpaired) electrons. The number of nitro groups is 1. The predicted octanol–water partition coefficient (Wildman–Crippen LogP) is -0.126. The third-order valence-corrected chi connectivity index (χ3v) is 1.96. The number of nitrogens with zero attached hydrogens (tertiary/aromatic N) is 1. The van der Waals surface area contributed by atoms with E-state index in [2.05, 4.69) is 5.32 Å². The van der Waals surface area contributed by atoms with Gasteiger partial charge >= 0.3 is 0 Å². The van der Waals surface area contributed by atoms with Crippen LogP contribution in [0.4, 0.5) is 5.69 Å². The van der Waals surface area contributed by atoms with Crippen LogP contribution in [0, 0.1) is 10.1 Å². The zero-order valence-electron chi connectivity index (χ0n) is 9.07. The number of aliphatic hydroxyl groups excluding tert-OH is 2. The van der Waals surface area contributed by atoms with Gasteiger partial charge in [-0.05, 0) is 6.07 Å². The molecule has 1 aromatic rings. The van der Waals surface area contributed by atoms with Crippen molar-refractivity contribution in [2.24, 2.45) is 0 Å². The third-order valence-electron chi connectivity index (χ3n) is 1.96. The first kappa shape index (κ1) is 13.4. The third kappa shape index (κ3) is 4.35. The molecule has 1 aromatic carbocycles. The van der Waals surface area contributed by atoms with Gasteiger partial charge in [0.15, 0.2) is 6.23 Å². The standard InChI is InChI=1S/C10H14N2O5/c13-5-4-11-10(7-14)17-9-3-1-2-8(6-9)12(15)16/h1-3,6,10-11,13-14H,4-5,7H2. The number of benzene rings is 1. The molecule has 0 bridgehead atoms. The summed E-state index contributed by atoms with van der Waals surface area (Å²) < 4.78 is 5.28. The highest BCUT2D eigenvalue weighted by atomic mass is 16.6. The Kier molecular flexibility index (Phi) is 5.34. The second-order valence-corrected chi connectivity index (χ2v) is 3.22. The largest absolute Gasteiger partial charge is 0.473 e. The Labute approximate surface area is 97.8 Å². The van der Waals surface area contributed by atoms with Crippen LogP contribution in [0.3, 0.4) is 0 Å². The number of non-ortho nitro benzene ring substituents is 1. The van der Waals surface area contributed by atoms with Crippen molar-refractivity contribution in [2.45, 2.75) is 6.23 Å². The highest BCUT2D eigenvalue weighted by Crippen LogP contribution is 2.19. The lowest BCUT2D eigenvalue weighted by atomic mass is 10.3. The van der Waals surface area contributed by atoms with Crippen LogP contribution in [-0.4, -0.2) is 41.1 Å². The molecule has 7 heteroatoms. The van der Waals surface area contributed by atoms with Crippen LogP contribution in [0.15, 0.2) is 24.3 Å². The van der Waals surface area contributed by atoms with E-state index in [1.807, 2.05) is 0 Å². The van der Waals surface area contributed by atoms with Gasteiger partial charge in [0.05, 0.1) is 24.2 Å². The van der Waals surface area contributed by atoms with E-state index in [1.54, 1.807) is 6.07 Å². The fourth-order valence-corrected chi connectivity index (χ4v) is 1.20. The first-order chi connectivity index (χ1) is 8.17. The smallest absolute Gasteiger partial charge is 0.273 e. The van der Waals surface area contributed by atoms with Crippen LogP contribution >= 0.6 is 0 Å². The Morgan fingerprint density at radius 1 is 1.47 bits per heavy atom. The molecule has 7 nitrogen and oxygen atoms in total. The molecule has 1 rings (SSSR count). The predicted molar refractivity (Wildman–Crippen MR) is 59.7 cm³/mol. The number of nitrogens with one attached hydrogen (secondary N) is 1. The van der Waals surface area contributed by atoms with Crippen LogP contribution in [0.1, 0.15) is 0 Å². The van der Waals surface area contributed by atoms with Crippen molar-refractivity contribution >= 4 is 5.69 Å². The van der Waals surface area contributed by atoms with Crippen molar-refractivity contribution in [1.82, 2.24) is 5.32 Å². The van der Waals surface area contributed by atoms with Crippen LogP contribution in [0.5, 0.6) is 5.75 Å². The summed E-state index contributed by atoms with van der Waals surface area (Å²) in [6.45, 7) is -0.127. The molecule has 1 atom stereocenters. The Balaban J connectivity index is 2.65. The number of aliphatic hydroxyl groups is 2. The second kappa shape index (κ2) is 6.79. The van der Waals surface area contributed by atoms with Crippen molar-refractivity contribution in [3.8, 4) is 5.75 Å². The molecule has 0 spiro atoms. The molecule has 1 unspecified atom stereocenters. The summed E-state index contributed by atoms with van der Waals surface area (Å²) in [6, 6.07) is 5.66. The average Bonchev–Trinajstić information content (AvgIpc) is 2.34. The minimum Gasteiger partial charge on any atom is -0.473 e. The quantitative estimate of drug-likeness (QED) is 0.349. The van der Waals surface area contributed by atoms with Crippen LogP contribution < -0.4 is 10.1 Å². The van der Waals surface area contributed by atoms with Gasteiger partial charge in [0, 0.05) is 12.6 Å². The first-order valence-corrected chi connectivity index (χ1v) is 5.03. The van der Waals surface area contributed by atoms with E-state index >= 15 is 0 Å². The number of hydrogen-bond acceptors (Lipinski definition) is 6. The van der Waals surface area contributed by atoms with E-state index in [0.29, 0.717) is 0 Å². The van der Waals surface area contributed by atoms with Gasteiger partial charge in [0.2, 0.25) is 0 Å². The number of nitro benzene ring substituents is 1. The Hall–Kier alpha value is -1.70. The topological polar surface area (TPSA) is 105 Å². The van der Waals surface area contributed by atoms with Gasteiger partial charge in [0.25, 0.3) is 5.69 Å². The molecule has 0 amide bonds. The summed E-state index contributed by atoms with van der Waals surface area (Å²) in [7, 11) is 0. The molecule has 3 N–H and O–H groups in total. The van der Waals surface area contributed by atoms with E-state index < -0.39 is 11.2 Å². The van der Waals surface area contributed by atoms with Gasteiger partial charge < -0.3 is 14.9 Å². The van der Waals surface area contributed by atoms with Crippen LogP contribution in [0.2, 0.25) is 0 Å². The van der Waals surface area contributed by atoms with E-state index in [4.69, 9.17) is 14.9 Å². The van der Waals surface area contributed by atoms with Gasteiger partial charge in [-0.3, -0.25) is 15.4 Å². The molecule has 94 valence electrons. The van der Waals surface area contributed by atoms with Gasteiger partial charge in [-0.15, -0.1) is 0 Å². The molecule has 0 saturated heterocycles. The van der Waals surface area contributed by atoms with Gasteiger partial charge in [-0.25, -0.2) is 0 Å². The summed E-state index contributed by atoms with van der Waals surface area (Å²) >= 11 is 0. The lowest BCUT2D eigenvalue weighted by Crippen LogP contribution is -2.39. The van der Waals surface area contributed by atoms with Gasteiger partial charge in [-0.1, -0.05) is 6.07 Å². The minimum atomic E-state index is -0.704. The first-order valence-electron chi connectivity index (χ1n) is 5.03. The molecular weight excluding hydrogens is 228 g/mol. The zero-order valence-corrected chi connectivity index (χ0v) is 9.07. The molecule has 0 heterocycles. The Morgan fingerprint density at radius 2 is 2.24 bits per heavy atom. The SMILES string of the molecule is O=[N+]([O-])c1cccc(OC(CO)NCCO)c1. The van der Waals surface area contributed by atoms with Crippen molar-refractivity contribution in [3.63, 3.8) is 0 Å². The maximum atomic E-state index is 10.5. The summed E-state index contributed by atoms with van der Waals surface area (Å²) in [5.41, 5.74) is -0.0821. The molecule has 0 saturated carbocycles. The lowest BCUT2D eigenvalue weighted by molar-refractivity contribution is -0.385. The van der Waals surface area contributed by atoms with E-state index in [0.717, 1.165) is 0 Å². The van der Waals surface area contributed by atoms with E-state index in [9.17, 15) is 10.1 Å². The highest BCUT2D eigenvalue weighted by Gasteiger charge is 2.11. The van der Waals surface area contributed by atoms with Crippen molar-refractivity contribution < 1.29 is 19.9 Å². The molecule has 0 aliphatic heterocycles. The second-order valence-electron chi connectivity index (χ2n) is 3.22. The molecule has 0 aliphatic carbocycles. The van der Waals surface area contributed by atoms with E-state index in [1.165, 1.54) is 18.2 Å². The maximum Gasteiger partial charge on any atom is 0.273 e. The minimum absolute atomic E-state index is 0.0821. The fraction of sp³-hybridized carbons (Fsp3) is 0.400. The van der Waals surface area contributed by atoms with Gasteiger partial charge in [-0.2, -0.15) is 0 Å². The summed E-state index contributed by atoms with van der Waals surface area (Å²) in [5.74, 6) is 0.281. The van der Waals surface area contributed by atoms with E-state index in [-0.39, 0.29) is 31.2 Å². The van der Waals surface area contributed by atoms with Gasteiger partial charge in [0.1, 0.15) is 5.75 Å². The molecular formula is C10H14N2O5. The fourth-order valence-electron chi connectivity index (χ4n) is 1.20. The number of hydrogen-bond donors (Lipinski definition) is 3. The van der Waals surface area contributed by atoms with Crippen molar-refractivity contribution in [1.29, 1.82) is 0 Å². The number of ether oxygens (including phenoxy) is 1.